The van der Waals surface area contributed by atoms with Crippen molar-refractivity contribution >= 4 is 22.8 Å². The number of carbonyl (C=O) groups excluding carboxylic acids is 1. The van der Waals surface area contributed by atoms with E-state index < -0.39 is 11.5 Å². The number of thioether (sulfide) groups is 1. The maximum Gasteiger partial charge on any atom is 0.323 e. The summed E-state index contributed by atoms with van der Waals surface area (Å²) in [7, 11) is 0. The lowest BCUT2D eigenvalue weighted by molar-refractivity contribution is -0.147. The summed E-state index contributed by atoms with van der Waals surface area (Å²) >= 11 is 1.31. The van der Waals surface area contributed by atoms with Crippen molar-refractivity contribution < 1.29 is 14.7 Å². The zero-order chi connectivity index (χ0) is 11.6. The van der Waals surface area contributed by atoms with E-state index in [1.807, 2.05) is 0 Å². The van der Waals surface area contributed by atoms with Crippen molar-refractivity contribution in [1.29, 1.82) is 0 Å². The van der Waals surface area contributed by atoms with E-state index in [0.29, 0.717) is 12.8 Å². The standard InChI is InChI=1S/C11H17NO3S/c13-9-8(4-7-16-9)12-11(10(14)15)5-2-1-3-6-11/h8,12H,1-7H2,(H,14,15). The number of carboxylic acids is 1. The number of rotatable bonds is 3. The molecule has 1 aliphatic heterocycles. The van der Waals surface area contributed by atoms with Gasteiger partial charge in [0.25, 0.3) is 0 Å². The summed E-state index contributed by atoms with van der Waals surface area (Å²) in [6, 6.07) is -0.251. The van der Waals surface area contributed by atoms with E-state index in [2.05, 4.69) is 5.32 Å². The Balaban J connectivity index is 2.07. The number of hydrogen-bond acceptors (Lipinski definition) is 4. The topological polar surface area (TPSA) is 66.4 Å². The normalized spacial score (nSPS) is 29.2. The lowest BCUT2D eigenvalue weighted by Gasteiger charge is -2.35. The van der Waals surface area contributed by atoms with E-state index >= 15 is 0 Å². The van der Waals surface area contributed by atoms with Crippen molar-refractivity contribution in [3.63, 3.8) is 0 Å². The molecule has 0 aromatic rings. The highest BCUT2D eigenvalue weighted by atomic mass is 32.2. The molecule has 5 heteroatoms. The van der Waals surface area contributed by atoms with Crippen LogP contribution in [0.25, 0.3) is 0 Å². The van der Waals surface area contributed by atoms with Crippen LogP contribution in [-0.4, -0.2) is 33.5 Å². The smallest absolute Gasteiger partial charge is 0.323 e. The molecule has 0 aromatic carbocycles. The van der Waals surface area contributed by atoms with Crippen LogP contribution in [0, 0.1) is 0 Å². The number of aliphatic carboxylic acids is 1. The predicted molar refractivity (Wildman–Crippen MR) is 62.5 cm³/mol. The Morgan fingerprint density at radius 2 is 2.06 bits per heavy atom. The quantitative estimate of drug-likeness (QED) is 0.784. The summed E-state index contributed by atoms with van der Waals surface area (Å²) in [5.74, 6) is 0.0172. The Labute approximate surface area is 99.2 Å². The van der Waals surface area contributed by atoms with Crippen molar-refractivity contribution in [3.8, 4) is 0 Å². The molecule has 16 heavy (non-hydrogen) atoms. The molecular weight excluding hydrogens is 226 g/mol. The largest absolute Gasteiger partial charge is 0.480 e. The first-order valence-corrected chi connectivity index (χ1v) is 6.80. The molecule has 1 unspecified atom stereocenters. The highest BCUT2D eigenvalue weighted by Crippen LogP contribution is 2.31. The zero-order valence-corrected chi connectivity index (χ0v) is 10.0. The zero-order valence-electron chi connectivity index (χ0n) is 9.20. The summed E-state index contributed by atoms with van der Waals surface area (Å²) in [6.45, 7) is 0. The van der Waals surface area contributed by atoms with E-state index in [1.165, 1.54) is 11.8 Å². The molecule has 1 heterocycles. The Hall–Kier alpha value is -0.550. The summed E-state index contributed by atoms with van der Waals surface area (Å²) in [5.41, 5.74) is -0.844. The van der Waals surface area contributed by atoms with Gasteiger partial charge < -0.3 is 5.11 Å². The van der Waals surface area contributed by atoms with Crippen LogP contribution in [0.15, 0.2) is 0 Å². The van der Waals surface area contributed by atoms with Crippen LogP contribution in [0.3, 0.4) is 0 Å². The fraction of sp³-hybridized carbons (Fsp3) is 0.818. The van der Waals surface area contributed by atoms with Gasteiger partial charge in [0.15, 0.2) is 0 Å². The molecule has 1 atom stereocenters. The van der Waals surface area contributed by atoms with Crippen LogP contribution in [0.2, 0.25) is 0 Å². The third-order valence-corrected chi connectivity index (χ3v) is 4.51. The van der Waals surface area contributed by atoms with Crippen molar-refractivity contribution in [3.05, 3.63) is 0 Å². The third kappa shape index (κ3) is 2.25. The van der Waals surface area contributed by atoms with E-state index in [4.69, 9.17) is 0 Å². The molecule has 2 fully saturated rings. The summed E-state index contributed by atoms with van der Waals surface area (Å²) in [5, 5.41) is 12.6. The van der Waals surface area contributed by atoms with Gasteiger partial charge in [-0.3, -0.25) is 14.9 Å². The molecule has 4 nitrogen and oxygen atoms in total. The second-order valence-corrected chi connectivity index (χ2v) is 5.70. The van der Waals surface area contributed by atoms with Crippen molar-refractivity contribution in [1.82, 2.24) is 5.32 Å². The molecule has 0 bridgehead atoms. The maximum atomic E-state index is 11.5. The van der Waals surface area contributed by atoms with Gasteiger partial charge in [-0.15, -0.1) is 0 Å². The number of nitrogens with one attached hydrogen (secondary N) is 1. The summed E-state index contributed by atoms with van der Waals surface area (Å²) < 4.78 is 0. The fourth-order valence-corrected chi connectivity index (χ4v) is 3.47. The second kappa shape index (κ2) is 4.75. The Kier molecular flexibility index (Phi) is 3.54. The molecule has 1 aliphatic carbocycles. The fourth-order valence-electron chi connectivity index (χ4n) is 2.54. The van der Waals surface area contributed by atoms with Gasteiger partial charge >= 0.3 is 5.97 Å². The SMILES string of the molecule is O=C1SCCC1NC1(C(=O)O)CCCCC1. The van der Waals surface area contributed by atoms with Crippen LogP contribution < -0.4 is 5.32 Å². The van der Waals surface area contributed by atoms with Gasteiger partial charge in [-0.05, 0) is 19.3 Å². The highest BCUT2D eigenvalue weighted by Gasteiger charge is 2.43. The van der Waals surface area contributed by atoms with E-state index in [9.17, 15) is 14.7 Å². The van der Waals surface area contributed by atoms with Crippen LogP contribution in [0.5, 0.6) is 0 Å². The van der Waals surface area contributed by atoms with Gasteiger partial charge in [0.2, 0.25) is 5.12 Å². The third-order valence-electron chi connectivity index (χ3n) is 3.50. The Bertz CT molecular complexity index is 300. The monoisotopic (exact) mass is 243 g/mol. The Morgan fingerprint density at radius 3 is 2.56 bits per heavy atom. The first kappa shape index (κ1) is 11.9. The molecule has 2 N–H and O–H groups in total. The Morgan fingerprint density at radius 1 is 1.38 bits per heavy atom. The average Bonchev–Trinajstić information content (AvgIpc) is 2.65. The predicted octanol–water partition coefficient (Wildman–Crippen LogP) is 1.40. The van der Waals surface area contributed by atoms with Crippen molar-refractivity contribution in [2.45, 2.75) is 50.1 Å². The molecule has 0 radical (unpaired) electrons. The van der Waals surface area contributed by atoms with Gasteiger partial charge in [0.1, 0.15) is 5.54 Å². The minimum atomic E-state index is -0.844. The first-order chi connectivity index (χ1) is 7.64. The molecule has 2 aliphatic rings. The van der Waals surface area contributed by atoms with Gasteiger partial charge in [0.05, 0.1) is 6.04 Å². The van der Waals surface area contributed by atoms with E-state index in [-0.39, 0.29) is 11.2 Å². The lowest BCUT2D eigenvalue weighted by Crippen LogP contribution is -2.57. The first-order valence-electron chi connectivity index (χ1n) is 5.82. The number of hydrogen-bond donors (Lipinski definition) is 2. The van der Waals surface area contributed by atoms with Gasteiger partial charge in [0, 0.05) is 5.75 Å². The molecule has 0 aromatic heterocycles. The van der Waals surface area contributed by atoms with Crippen molar-refractivity contribution in [2.75, 3.05) is 5.75 Å². The van der Waals surface area contributed by atoms with Crippen molar-refractivity contribution in [2.24, 2.45) is 0 Å². The van der Waals surface area contributed by atoms with Gasteiger partial charge in [-0.2, -0.15) is 0 Å². The van der Waals surface area contributed by atoms with Crippen LogP contribution in [0.1, 0.15) is 38.5 Å². The molecular formula is C11H17NO3S. The molecule has 1 saturated carbocycles. The van der Waals surface area contributed by atoms with Gasteiger partial charge in [-0.25, -0.2) is 0 Å². The lowest BCUT2D eigenvalue weighted by atomic mass is 9.81. The van der Waals surface area contributed by atoms with E-state index in [1.54, 1.807) is 0 Å². The molecule has 0 spiro atoms. The van der Waals surface area contributed by atoms with Crippen LogP contribution >= 0.6 is 11.8 Å². The van der Waals surface area contributed by atoms with Crippen LogP contribution in [-0.2, 0) is 9.59 Å². The summed E-state index contributed by atoms with van der Waals surface area (Å²) in [6.07, 6.45) is 5.04. The molecule has 1 saturated heterocycles. The highest BCUT2D eigenvalue weighted by molar-refractivity contribution is 8.14. The van der Waals surface area contributed by atoms with E-state index in [0.717, 1.165) is 31.4 Å². The maximum absolute atomic E-state index is 11.5. The number of carbonyl (C=O) groups is 2. The molecule has 2 rings (SSSR count). The molecule has 0 amide bonds. The average molecular weight is 243 g/mol. The minimum Gasteiger partial charge on any atom is -0.480 e. The minimum absolute atomic E-state index is 0.103. The molecule has 90 valence electrons. The second-order valence-electron chi connectivity index (χ2n) is 4.60. The number of carboxylic acid groups (broad SMARTS) is 1. The van der Waals surface area contributed by atoms with Gasteiger partial charge in [-0.1, -0.05) is 31.0 Å². The van der Waals surface area contributed by atoms with Crippen LogP contribution in [0.4, 0.5) is 0 Å². The summed E-state index contributed by atoms with van der Waals surface area (Å²) in [4.78, 5) is 22.9.